The number of oxazole rings is 1. The van der Waals surface area contributed by atoms with Gasteiger partial charge in [0.25, 0.3) is 5.91 Å². The molecule has 4 rings (SSSR count). The summed E-state index contributed by atoms with van der Waals surface area (Å²) >= 11 is 0. The maximum absolute atomic E-state index is 12.4. The predicted molar refractivity (Wildman–Crippen MR) is 93.1 cm³/mol. The zero-order valence-electron chi connectivity index (χ0n) is 13.2. The molecule has 0 saturated carbocycles. The van der Waals surface area contributed by atoms with E-state index in [-0.39, 0.29) is 5.91 Å². The predicted octanol–water partition coefficient (Wildman–Crippen LogP) is 2.93. The van der Waals surface area contributed by atoms with E-state index in [4.69, 9.17) is 9.15 Å². The average Bonchev–Trinajstić information content (AvgIpc) is 3.00. The number of pyridine rings is 1. The van der Waals surface area contributed by atoms with Crippen LogP contribution in [-0.4, -0.2) is 23.0 Å². The largest absolute Gasteiger partial charge is 0.497 e. The minimum absolute atomic E-state index is 0.290. The lowest BCUT2D eigenvalue weighted by Gasteiger charge is -2.06. The van der Waals surface area contributed by atoms with Crippen molar-refractivity contribution in [2.45, 2.75) is 0 Å². The summed E-state index contributed by atoms with van der Waals surface area (Å²) in [6.45, 7) is 0. The Morgan fingerprint density at radius 2 is 2.04 bits per heavy atom. The number of benzene rings is 2. The van der Waals surface area contributed by atoms with Crippen molar-refractivity contribution < 1.29 is 13.9 Å². The van der Waals surface area contributed by atoms with Crippen LogP contribution in [0, 0.1) is 0 Å². The van der Waals surface area contributed by atoms with Gasteiger partial charge in [-0.05, 0) is 42.5 Å². The molecule has 7 nitrogen and oxygen atoms in total. The van der Waals surface area contributed by atoms with Crippen LogP contribution in [0.25, 0.3) is 22.0 Å². The van der Waals surface area contributed by atoms with Crippen molar-refractivity contribution >= 4 is 33.6 Å². The molecule has 0 fully saturated rings. The molecule has 0 aliphatic heterocycles. The number of methoxy groups -OCH3 is 1. The van der Waals surface area contributed by atoms with E-state index in [9.17, 15) is 9.59 Å². The third kappa shape index (κ3) is 2.83. The first-order valence-electron chi connectivity index (χ1n) is 7.51. The maximum Gasteiger partial charge on any atom is 0.417 e. The van der Waals surface area contributed by atoms with Crippen LogP contribution in [-0.2, 0) is 0 Å². The van der Waals surface area contributed by atoms with E-state index < -0.39 is 5.76 Å². The van der Waals surface area contributed by atoms with E-state index in [1.54, 1.807) is 43.5 Å². The molecule has 2 N–H and O–H groups in total. The molecule has 0 aliphatic carbocycles. The molecule has 1 amide bonds. The zero-order valence-corrected chi connectivity index (χ0v) is 13.2. The van der Waals surface area contributed by atoms with Crippen LogP contribution in [0.5, 0.6) is 5.75 Å². The number of carbonyl (C=O) groups excluding carboxylic acids is 1. The molecule has 4 aromatic rings. The van der Waals surface area contributed by atoms with Crippen molar-refractivity contribution in [1.29, 1.82) is 0 Å². The van der Waals surface area contributed by atoms with Crippen molar-refractivity contribution in [2.24, 2.45) is 0 Å². The molecule has 0 aliphatic rings. The summed E-state index contributed by atoms with van der Waals surface area (Å²) in [4.78, 5) is 30.5. The Kier molecular flexibility index (Phi) is 3.46. The number of ether oxygens (including phenoxy) is 1. The number of aromatic amines is 1. The van der Waals surface area contributed by atoms with E-state index in [2.05, 4.69) is 15.3 Å². The quantitative estimate of drug-likeness (QED) is 0.600. The Balaban J connectivity index is 1.62. The number of anilines is 1. The first-order chi connectivity index (χ1) is 12.1. The van der Waals surface area contributed by atoms with E-state index in [1.165, 1.54) is 0 Å². The van der Waals surface area contributed by atoms with Crippen LogP contribution in [0.3, 0.4) is 0 Å². The van der Waals surface area contributed by atoms with Gasteiger partial charge in [0, 0.05) is 11.1 Å². The number of hydrogen-bond acceptors (Lipinski definition) is 5. The number of nitrogens with zero attached hydrogens (tertiary/aromatic N) is 1. The summed E-state index contributed by atoms with van der Waals surface area (Å²) in [5.74, 6) is -0.151. The van der Waals surface area contributed by atoms with Crippen molar-refractivity contribution in [3.8, 4) is 5.75 Å². The topological polar surface area (TPSA) is 97.2 Å². The van der Waals surface area contributed by atoms with Gasteiger partial charge in [-0.3, -0.25) is 9.78 Å². The molecule has 0 spiro atoms. The lowest BCUT2D eigenvalue weighted by atomic mass is 10.2. The second kappa shape index (κ2) is 5.79. The molecule has 0 atom stereocenters. The molecule has 2 heterocycles. The maximum atomic E-state index is 12.4. The van der Waals surface area contributed by atoms with E-state index in [0.717, 1.165) is 11.1 Å². The Morgan fingerprint density at radius 1 is 1.16 bits per heavy atom. The molecule has 0 saturated heterocycles. The standard InChI is InChI=1S/C18H13N3O4/c1-24-12-4-6-13-10(8-12)2-5-14(20-13)17(22)19-11-3-7-16-15(9-11)21-18(23)25-16/h2-9H,1H3,(H,19,22)(H,21,23). The third-order valence-electron chi connectivity index (χ3n) is 3.81. The monoisotopic (exact) mass is 335 g/mol. The van der Waals surface area contributed by atoms with Gasteiger partial charge in [0.2, 0.25) is 0 Å². The summed E-state index contributed by atoms with van der Waals surface area (Å²) in [5, 5.41) is 3.64. The van der Waals surface area contributed by atoms with Crippen LogP contribution in [0.15, 0.2) is 57.7 Å². The normalized spacial score (nSPS) is 10.9. The second-order valence-corrected chi connectivity index (χ2v) is 5.43. The highest BCUT2D eigenvalue weighted by Gasteiger charge is 2.10. The van der Waals surface area contributed by atoms with Crippen LogP contribution in [0.2, 0.25) is 0 Å². The van der Waals surface area contributed by atoms with Gasteiger partial charge in [-0.15, -0.1) is 0 Å². The van der Waals surface area contributed by atoms with Crippen LogP contribution < -0.4 is 15.8 Å². The smallest absolute Gasteiger partial charge is 0.417 e. The first-order valence-corrected chi connectivity index (χ1v) is 7.51. The number of nitrogens with one attached hydrogen (secondary N) is 2. The van der Waals surface area contributed by atoms with Crippen LogP contribution in [0.1, 0.15) is 10.5 Å². The molecule has 0 unspecified atom stereocenters. The molecular weight excluding hydrogens is 322 g/mol. The molecule has 2 aromatic heterocycles. The fraction of sp³-hybridized carbons (Fsp3) is 0.0556. The number of H-pyrrole nitrogens is 1. The van der Waals surface area contributed by atoms with Gasteiger partial charge < -0.3 is 14.5 Å². The molecule has 0 radical (unpaired) electrons. The Labute approximate surface area is 141 Å². The molecular formula is C18H13N3O4. The molecule has 7 heteroatoms. The SMILES string of the molecule is COc1ccc2nc(C(=O)Nc3ccc4oc(=O)[nH]c4c3)ccc2c1. The van der Waals surface area contributed by atoms with Gasteiger partial charge >= 0.3 is 5.76 Å². The fourth-order valence-corrected chi connectivity index (χ4v) is 2.58. The number of aromatic nitrogens is 2. The number of fused-ring (bicyclic) bond motifs is 2. The fourth-order valence-electron chi connectivity index (χ4n) is 2.58. The summed E-state index contributed by atoms with van der Waals surface area (Å²) in [6.07, 6.45) is 0. The summed E-state index contributed by atoms with van der Waals surface area (Å²) in [5.41, 5.74) is 2.47. The summed E-state index contributed by atoms with van der Waals surface area (Å²) in [6, 6.07) is 13.8. The Bertz CT molecular complexity index is 1160. The zero-order chi connectivity index (χ0) is 17.4. The van der Waals surface area contributed by atoms with E-state index >= 15 is 0 Å². The minimum Gasteiger partial charge on any atom is -0.497 e. The van der Waals surface area contributed by atoms with E-state index in [0.29, 0.717) is 28.0 Å². The highest BCUT2D eigenvalue weighted by atomic mass is 16.5. The number of carbonyl (C=O) groups is 1. The Hall–Kier alpha value is -3.61. The second-order valence-electron chi connectivity index (χ2n) is 5.43. The van der Waals surface area contributed by atoms with Gasteiger partial charge in [-0.2, -0.15) is 0 Å². The Morgan fingerprint density at radius 3 is 2.88 bits per heavy atom. The van der Waals surface area contributed by atoms with Crippen molar-refractivity contribution in [1.82, 2.24) is 9.97 Å². The summed E-state index contributed by atoms with van der Waals surface area (Å²) in [7, 11) is 1.60. The van der Waals surface area contributed by atoms with Gasteiger partial charge in [0.05, 0.1) is 18.1 Å². The van der Waals surface area contributed by atoms with Crippen molar-refractivity contribution in [3.05, 3.63) is 64.8 Å². The molecule has 0 bridgehead atoms. The highest BCUT2D eigenvalue weighted by molar-refractivity contribution is 6.04. The minimum atomic E-state index is -0.537. The summed E-state index contributed by atoms with van der Waals surface area (Å²) < 4.78 is 10.1. The van der Waals surface area contributed by atoms with E-state index in [1.807, 2.05) is 12.1 Å². The molecule has 124 valence electrons. The molecule has 2 aromatic carbocycles. The molecule has 25 heavy (non-hydrogen) atoms. The van der Waals surface area contributed by atoms with Crippen molar-refractivity contribution in [3.63, 3.8) is 0 Å². The van der Waals surface area contributed by atoms with Gasteiger partial charge in [0.1, 0.15) is 11.4 Å². The number of rotatable bonds is 3. The van der Waals surface area contributed by atoms with Gasteiger partial charge in [-0.25, -0.2) is 9.78 Å². The lowest BCUT2D eigenvalue weighted by molar-refractivity contribution is 0.102. The van der Waals surface area contributed by atoms with Crippen LogP contribution >= 0.6 is 0 Å². The third-order valence-corrected chi connectivity index (χ3v) is 3.81. The number of amides is 1. The van der Waals surface area contributed by atoms with Crippen molar-refractivity contribution in [2.75, 3.05) is 12.4 Å². The average molecular weight is 335 g/mol. The lowest BCUT2D eigenvalue weighted by Crippen LogP contribution is -2.13. The highest BCUT2D eigenvalue weighted by Crippen LogP contribution is 2.21. The van der Waals surface area contributed by atoms with Gasteiger partial charge in [-0.1, -0.05) is 6.07 Å². The first kappa shape index (κ1) is 14.9. The van der Waals surface area contributed by atoms with Gasteiger partial charge in [0.15, 0.2) is 5.58 Å². The number of hydrogen-bond donors (Lipinski definition) is 2. The van der Waals surface area contributed by atoms with Crippen LogP contribution in [0.4, 0.5) is 5.69 Å².